The zero-order chi connectivity index (χ0) is 24.5. The summed E-state index contributed by atoms with van der Waals surface area (Å²) in [6, 6.07) is 11.1. The molecule has 3 aromatic rings. The van der Waals surface area contributed by atoms with Crippen LogP contribution >= 0.6 is 0 Å². The lowest BCUT2D eigenvalue weighted by Crippen LogP contribution is -2.40. The van der Waals surface area contributed by atoms with Crippen LogP contribution in [0.3, 0.4) is 0 Å². The lowest BCUT2D eigenvalue weighted by molar-refractivity contribution is 0.0290. The number of benzene rings is 1. The number of aryl methyl sites for hydroxylation is 2. The first-order valence-corrected chi connectivity index (χ1v) is 11.5. The molecule has 0 saturated carbocycles. The molecule has 1 aliphatic heterocycles. The van der Waals surface area contributed by atoms with Crippen molar-refractivity contribution in [3.05, 3.63) is 59.1 Å². The van der Waals surface area contributed by atoms with Gasteiger partial charge in [-0.2, -0.15) is 0 Å². The minimum absolute atomic E-state index is 0.156. The first-order valence-electron chi connectivity index (χ1n) is 11.5. The molecule has 1 N–H and O–H groups in total. The molecule has 4 rings (SSSR count). The van der Waals surface area contributed by atoms with Gasteiger partial charge in [0.15, 0.2) is 0 Å². The van der Waals surface area contributed by atoms with E-state index in [0.29, 0.717) is 54.2 Å². The molecule has 1 fully saturated rings. The molecule has 8 nitrogen and oxygen atoms in total. The molecule has 1 saturated heterocycles. The Morgan fingerprint density at radius 2 is 2.00 bits per heavy atom. The first kappa shape index (κ1) is 23.6. The summed E-state index contributed by atoms with van der Waals surface area (Å²) >= 11 is 0. The number of nitrogens with one attached hydrogen (secondary N) is 1. The van der Waals surface area contributed by atoms with Crippen LogP contribution in [-0.2, 0) is 11.3 Å². The molecule has 34 heavy (non-hydrogen) atoms. The van der Waals surface area contributed by atoms with Crippen molar-refractivity contribution in [1.29, 1.82) is 0 Å². The van der Waals surface area contributed by atoms with Crippen LogP contribution in [0.15, 0.2) is 40.8 Å². The third-order valence-corrected chi connectivity index (χ3v) is 5.57. The van der Waals surface area contributed by atoms with E-state index < -0.39 is 5.60 Å². The van der Waals surface area contributed by atoms with Crippen LogP contribution in [0.25, 0.3) is 11.0 Å². The van der Waals surface area contributed by atoms with Crippen LogP contribution < -0.4 is 10.1 Å². The Morgan fingerprint density at radius 3 is 2.74 bits per heavy atom. The molecule has 0 aliphatic carbocycles. The van der Waals surface area contributed by atoms with Gasteiger partial charge >= 0.3 is 6.09 Å². The highest BCUT2D eigenvalue weighted by Crippen LogP contribution is 2.30. The maximum atomic E-state index is 13.2. The van der Waals surface area contributed by atoms with Crippen LogP contribution in [0.5, 0.6) is 5.75 Å². The molecule has 1 aliphatic rings. The number of carbonyl (C=O) groups is 2. The maximum absolute atomic E-state index is 13.2. The second kappa shape index (κ2) is 9.37. The van der Waals surface area contributed by atoms with Gasteiger partial charge in [0.05, 0.1) is 11.3 Å². The van der Waals surface area contributed by atoms with Crippen molar-refractivity contribution in [2.75, 3.05) is 13.1 Å². The summed E-state index contributed by atoms with van der Waals surface area (Å²) in [4.78, 5) is 31.6. The third kappa shape index (κ3) is 5.50. The quantitative estimate of drug-likeness (QED) is 0.584. The summed E-state index contributed by atoms with van der Waals surface area (Å²) < 4.78 is 17.2. The Kier molecular flexibility index (Phi) is 6.50. The number of hydrogen-bond donors (Lipinski definition) is 1. The van der Waals surface area contributed by atoms with Gasteiger partial charge in [0, 0.05) is 30.2 Å². The molecule has 180 valence electrons. The summed E-state index contributed by atoms with van der Waals surface area (Å²) in [5.74, 6) is 0.930. The number of furan rings is 1. The van der Waals surface area contributed by atoms with Crippen molar-refractivity contribution in [3.8, 4) is 5.75 Å². The molecule has 0 spiro atoms. The van der Waals surface area contributed by atoms with Crippen LogP contribution in [0.2, 0.25) is 0 Å². The minimum atomic E-state index is -0.555. The van der Waals surface area contributed by atoms with Crippen molar-refractivity contribution in [1.82, 2.24) is 15.2 Å². The van der Waals surface area contributed by atoms with E-state index in [1.165, 1.54) is 0 Å². The van der Waals surface area contributed by atoms with Gasteiger partial charge in [0.2, 0.25) is 0 Å². The fourth-order valence-electron chi connectivity index (χ4n) is 4.04. The van der Waals surface area contributed by atoms with Crippen LogP contribution in [0.4, 0.5) is 4.79 Å². The number of rotatable bonds is 5. The van der Waals surface area contributed by atoms with Crippen molar-refractivity contribution >= 4 is 23.0 Å². The Bertz CT molecular complexity index is 1210. The van der Waals surface area contributed by atoms with E-state index in [2.05, 4.69) is 10.3 Å². The third-order valence-electron chi connectivity index (χ3n) is 5.57. The van der Waals surface area contributed by atoms with E-state index in [1.807, 2.05) is 58.0 Å². The second-order valence-corrected chi connectivity index (χ2v) is 9.64. The average Bonchev–Trinajstić information content (AvgIpc) is 3.34. The highest BCUT2D eigenvalue weighted by Gasteiger charge is 2.31. The van der Waals surface area contributed by atoms with Crippen molar-refractivity contribution in [2.45, 2.75) is 59.3 Å². The normalized spacial score (nSPS) is 16.0. The van der Waals surface area contributed by atoms with Gasteiger partial charge in [-0.15, -0.1) is 0 Å². The van der Waals surface area contributed by atoms with Gasteiger partial charge in [-0.1, -0.05) is 6.07 Å². The molecule has 1 atom stereocenters. The number of nitrogens with zero attached hydrogens (tertiary/aromatic N) is 2. The van der Waals surface area contributed by atoms with Crippen LogP contribution in [-0.4, -0.2) is 46.6 Å². The molecule has 0 unspecified atom stereocenters. The Balaban J connectivity index is 1.44. The van der Waals surface area contributed by atoms with E-state index in [0.717, 1.165) is 11.4 Å². The van der Waals surface area contributed by atoms with Crippen LogP contribution in [0.1, 0.15) is 54.7 Å². The van der Waals surface area contributed by atoms with Crippen LogP contribution in [0, 0.1) is 13.8 Å². The number of amides is 2. The molecule has 0 radical (unpaired) electrons. The number of fused-ring (bicyclic) bond motifs is 1. The molecule has 3 heterocycles. The number of hydrogen-bond acceptors (Lipinski definition) is 6. The Hall–Kier alpha value is -3.55. The fourth-order valence-corrected chi connectivity index (χ4v) is 4.04. The van der Waals surface area contributed by atoms with Crippen molar-refractivity contribution in [2.24, 2.45) is 0 Å². The molecule has 1 aromatic carbocycles. The van der Waals surface area contributed by atoms with E-state index in [1.54, 1.807) is 17.9 Å². The van der Waals surface area contributed by atoms with Crippen molar-refractivity contribution < 1.29 is 23.5 Å². The van der Waals surface area contributed by atoms with Gasteiger partial charge in [-0.3, -0.25) is 9.78 Å². The molecular formula is C26H31N3O5. The van der Waals surface area contributed by atoms with E-state index in [4.69, 9.17) is 13.9 Å². The lowest BCUT2D eigenvalue weighted by Gasteiger charge is -2.24. The van der Waals surface area contributed by atoms with Gasteiger partial charge in [0.25, 0.3) is 5.91 Å². The summed E-state index contributed by atoms with van der Waals surface area (Å²) in [5, 5.41) is 3.73. The van der Waals surface area contributed by atoms with E-state index in [-0.39, 0.29) is 18.0 Å². The molecular weight excluding hydrogens is 434 g/mol. The summed E-state index contributed by atoms with van der Waals surface area (Å²) in [6.45, 7) is 10.5. The first-order chi connectivity index (χ1) is 16.1. The predicted octanol–water partition coefficient (Wildman–Crippen LogP) is 4.76. The zero-order valence-electron chi connectivity index (χ0n) is 20.3. The summed E-state index contributed by atoms with van der Waals surface area (Å²) in [7, 11) is 0. The summed E-state index contributed by atoms with van der Waals surface area (Å²) in [5.41, 5.74) is 2.30. The number of ether oxygens (including phenoxy) is 2. The van der Waals surface area contributed by atoms with E-state index in [9.17, 15) is 9.59 Å². The number of likely N-dealkylation sites (tertiary alicyclic amines) is 1. The Morgan fingerprint density at radius 1 is 1.21 bits per heavy atom. The molecule has 2 aromatic heterocycles. The predicted molar refractivity (Wildman–Crippen MR) is 128 cm³/mol. The number of pyridine rings is 1. The fraction of sp³-hybridized carbons (Fsp3) is 0.423. The second-order valence-electron chi connectivity index (χ2n) is 9.64. The highest BCUT2D eigenvalue weighted by molar-refractivity contribution is 6.07. The average molecular weight is 466 g/mol. The topological polar surface area (TPSA) is 93.9 Å². The standard InChI is InChI=1S/C26H31N3O5/c1-16-7-6-8-19(27-16)15-32-20-9-10-22-21(13-20)23(17(2)33-22)24(30)28-18-11-12-29(14-18)25(31)34-26(3,4)5/h6-10,13,18H,11-12,14-15H2,1-5H3,(H,28,30)/t18-/m1/s1. The van der Waals surface area contributed by atoms with Crippen molar-refractivity contribution in [3.63, 3.8) is 0 Å². The zero-order valence-corrected chi connectivity index (χ0v) is 20.3. The smallest absolute Gasteiger partial charge is 0.410 e. The highest BCUT2D eigenvalue weighted by atomic mass is 16.6. The largest absolute Gasteiger partial charge is 0.487 e. The van der Waals surface area contributed by atoms with Gasteiger partial charge in [-0.25, -0.2) is 4.79 Å². The minimum Gasteiger partial charge on any atom is -0.487 e. The molecule has 2 amide bonds. The lowest BCUT2D eigenvalue weighted by atomic mass is 10.1. The number of aromatic nitrogens is 1. The SMILES string of the molecule is Cc1cccc(COc2ccc3oc(C)c(C(=O)N[C@@H]4CCN(C(=O)OC(C)(C)C)C4)c3c2)n1. The van der Waals surface area contributed by atoms with Gasteiger partial charge in [-0.05, 0) is 71.4 Å². The molecule has 0 bridgehead atoms. The monoisotopic (exact) mass is 465 g/mol. The van der Waals surface area contributed by atoms with Gasteiger partial charge < -0.3 is 24.1 Å². The van der Waals surface area contributed by atoms with E-state index >= 15 is 0 Å². The van der Waals surface area contributed by atoms with Gasteiger partial charge in [0.1, 0.15) is 29.3 Å². The summed E-state index contributed by atoms with van der Waals surface area (Å²) in [6.07, 6.45) is 0.302. The number of carbonyl (C=O) groups excluding carboxylic acids is 2. The Labute approximate surface area is 199 Å². The molecule has 8 heteroatoms. The maximum Gasteiger partial charge on any atom is 0.410 e.